The molecule has 78 valence electrons. The topological polar surface area (TPSA) is 17.1 Å². The van der Waals surface area contributed by atoms with Gasteiger partial charge in [0.15, 0.2) is 0 Å². The Bertz CT molecular complexity index is 357. The molecule has 0 radical (unpaired) electrons. The fourth-order valence-electron chi connectivity index (χ4n) is 2.04. The van der Waals surface area contributed by atoms with Gasteiger partial charge in [0, 0.05) is 6.42 Å². The molecule has 0 aromatic rings. The summed E-state index contributed by atoms with van der Waals surface area (Å²) in [5, 5.41) is 0. The Morgan fingerprint density at radius 2 is 2.13 bits per heavy atom. The first kappa shape index (κ1) is 10.2. The predicted molar refractivity (Wildman–Crippen MR) is 62.4 cm³/mol. The monoisotopic (exact) mass is 200 g/mol. The highest BCUT2D eigenvalue weighted by Crippen LogP contribution is 2.25. The van der Waals surface area contributed by atoms with Crippen LogP contribution in [0, 0.1) is 11.8 Å². The largest absolute Gasteiger partial charge is 0.299 e. The Hall–Kier alpha value is -1.37. The Morgan fingerprint density at radius 3 is 2.73 bits per heavy atom. The van der Waals surface area contributed by atoms with Crippen LogP contribution < -0.4 is 0 Å². The van der Waals surface area contributed by atoms with Crippen LogP contribution in [0.2, 0.25) is 0 Å². The molecule has 0 bridgehead atoms. The second-order valence-electron chi connectivity index (χ2n) is 4.24. The van der Waals surface area contributed by atoms with Gasteiger partial charge in [-0.3, -0.25) is 4.79 Å². The van der Waals surface area contributed by atoms with Gasteiger partial charge in [0.25, 0.3) is 0 Å². The third-order valence-electron chi connectivity index (χ3n) is 3.06. The number of allylic oxidation sites excluding steroid dienone is 8. The molecule has 15 heavy (non-hydrogen) atoms. The molecule has 0 saturated heterocycles. The number of carbonyl (C=O) groups is 1. The highest BCUT2D eigenvalue weighted by molar-refractivity contribution is 5.85. The second kappa shape index (κ2) is 4.43. The number of hydrogen-bond acceptors (Lipinski definition) is 1. The molecule has 1 heteroatoms. The number of Topliss-reactive ketones (excluding diaryl/α,β-unsaturated/α-hetero) is 1. The molecule has 2 aliphatic carbocycles. The zero-order valence-electron chi connectivity index (χ0n) is 9.02. The van der Waals surface area contributed by atoms with Crippen LogP contribution in [0.4, 0.5) is 0 Å². The molecule has 0 heterocycles. The van der Waals surface area contributed by atoms with E-state index >= 15 is 0 Å². The first-order valence-electron chi connectivity index (χ1n) is 5.50. The van der Waals surface area contributed by atoms with Gasteiger partial charge in [0.1, 0.15) is 5.78 Å². The van der Waals surface area contributed by atoms with Gasteiger partial charge < -0.3 is 0 Å². The van der Waals surface area contributed by atoms with Crippen LogP contribution in [0.3, 0.4) is 0 Å². The van der Waals surface area contributed by atoms with Gasteiger partial charge in [0.2, 0.25) is 0 Å². The average molecular weight is 200 g/mol. The van der Waals surface area contributed by atoms with E-state index in [9.17, 15) is 4.79 Å². The van der Waals surface area contributed by atoms with Crippen molar-refractivity contribution in [3.05, 3.63) is 48.1 Å². The minimum atomic E-state index is 0.0300. The lowest BCUT2D eigenvalue weighted by Gasteiger charge is -2.13. The summed E-state index contributed by atoms with van der Waals surface area (Å²) in [5.74, 6) is 0.748. The van der Waals surface area contributed by atoms with Crippen LogP contribution in [0.5, 0.6) is 0 Å². The molecule has 1 atom stereocenters. The molecular formula is C14H16O. The lowest BCUT2D eigenvalue weighted by atomic mass is 9.90. The summed E-state index contributed by atoms with van der Waals surface area (Å²) in [4.78, 5) is 11.9. The van der Waals surface area contributed by atoms with E-state index in [-0.39, 0.29) is 5.92 Å². The van der Waals surface area contributed by atoms with Crippen molar-refractivity contribution in [2.24, 2.45) is 11.8 Å². The molecule has 0 saturated carbocycles. The van der Waals surface area contributed by atoms with Crippen molar-refractivity contribution in [1.29, 1.82) is 0 Å². The maximum absolute atomic E-state index is 11.9. The van der Waals surface area contributed by atoms with Crippen LogP contribution in [0.15, 0.2) is 48.1 Å². The van der Waals surface area contributed by atoms with Crippen molar-refractivity contribution in [3.8, 4) is 0 Å². The molecule has 0 unspecified atom stereocenters. The lowest BCUT2D eigenvalue weighted by Crippen LogP contribution is -2.13. The number of ketones is 1. The van der Waals surface area contributed by atoms with Crippen molar-refractivity contribution < 1.29 is 4.79 Å². The minimum absolute atomic E-state index is 0.0300. The van der Waals surface area contributed by atoms with E-state index in [2.05, 4.69) is 25.2 Å². The van der Waals surface area contributed by atoms with Crippen molar-refractivity contribution in [1.82, 2.24) is 0 Å². The third-order valence-corrected chi connectivity index (χ3v) is 3.06. The smallest absolute Gasteiger partial charge is 0.144 e. The quantitative estimate of drug-likeness (QED) is 0.681. The minimum Gasteiger partial charge on any atom is -0.299 e. The molecule has 2 rings (SSSR count). The highest BCUT2D eigenvalue weighted by Gasteiger charge is 2.19. The molecule has 0 amide bonds. The standard InChI is InChI=1S/C14H16O/c1-11(12-6-2-3-7-12)10-14(15)13-8-4-5-9-13/h2-6,8-9,11,13H,7,10H2,1H3/t11-/m1/s1. The van der Waals surface area contributed by atoms with E-state index in [0.717, 1.165) is 6.42 Å². The van der Waals surface area contributed by atoms with Gasteiger partial charge in [-0.25, -0.2) is 0 Å². The SMILES string of the molecule is C[C@H](CC(=O)C1C=CC=C1)C1=CC=CC1. The normalized spacial score (nSPS) is 21.0. The van der Waals surface area contributed by atoms with Crippen LogP contribution in [0.25, 0.3) is 0 Å². The molecule has 0 spiro atoms. The van der Waals surface area contributed by atoms with Gasteiger partial charge in [-0.2, -0.15) is 0 Å². The third kappa shape index (κ3) is 2.35. The molecule has 0 aromatic carbocycles. The molecule has 0 N–H and O–H groups in total. The molecule has 0 fully saturated rings. The maximum Gasteiger partial charge on any atom is 0.144 e. The summed E-state index contributed by atoms with van der Waals surface area (Å²) in [6.07, 6.45) is 15.9. The summed E-state index contributed by atoms with van der Waals surface area (Å²) in [6.45, 7) is 2.14. The zero-order chi connectivity index (χ0) is 10.7. The average Bonchev–Trinajstić information content (AvgIpc) is 2.91. The first-order chi connectivity index (χ1) is 7.27. The summed E-state index contributed by atoms with van der Waals surface area (Å²) in [7, 11) is 0. The first-order valence-corrected chi connectivity index (χ1v) is 5.50. The zero-order valence-corrected chi connectivity index (χ0v) is 9.02. The van der Waals surface area contributed by atoms with Gasteiger partial charge in [-0.1, -0.05) is 55.0 Å². The van der Waals surface area contributed by atoms with Gasteiger partial charge in [-0.05, 0) is 12.3 Å². The van der Waals surface area contributed by atoms with Crippen LogP contribution >= 0.6 is 0 Å². The Labute approximate surface area is 90.9 Å². The highest BCUT2D eigenvalue weighted by atomic mass is 16.1. The molecule has 1 nitrogen and oxygen atoms in total. The van der Waals surface area contributed by atoms with Crippen molar-refractivity contribution in [2.45, 2.75) is 19.8 Å². The molecular weight excluding hydrogens is 184 g/mol. The van der Waals surface area contributed by atoms with Gasteiger partial charge >= 0.3 is 0 Å². The van der Waals surface area contributed by atoms with E-state index < -0.39 is 0 Å². The van der Waals surface area contributed by atoms with Crippen LogP contribution in [-0.2, 0) is 4.79 Å². The van der Waals surface area contributed by atoms with Crippen LogP contribution in [0.1, 0.15) is 19.8 Å². The second-order valence-corrected chi connectivity index (χ2v) is 4.24. The van der Waals surface area contributed by atoms with E-state index in [0.29, 0.717) is 18.1 Å². The fraction of sp³-hybridized carbons (Fsp3) is 0.357. The Kier molecular flexibility index (Phi) is 3.00. The number of rotatable bonds is 4. The summed E-state index contributed by atoms with van der Waals surface area (Å²) >= 11 is 0. The summed E-state index contributed by atoms with van der Waals surface area (Å²) < 4.78 is 0. The van der Waals surface area contributed by atoms with Crippen molar-refractivity contribution in [3.63, 3.8) is 0 Å². The Balaban J connectivity index is 1.88. The van der Waals surface area contributed by atoms with Gasteiger partial charge in [0.05, 0.1) is 5.92 Å². The summed E-state index contributed by atoms with van der Waals surface area (Å²) in [6, 6.07) is 0. The number of hydrogen-bond donors (Lipinski definition) is 0. The lowest BCUT2D eigenvalue weighted by molar-refractivity contribution is -0.120. The van der Waals surface area contributed by atoms with Crippen molar-refractivity contribution >= 4 is 5.78 Å². The fourth-order valence-corrected chi connectivity index (χ4v) is 2.04. The molecule has 0 aromatic heterocycles. The van der Waals surface area contributed by atoms with Crippen LogP contribution in [-0.4, -0.2) is 5.78 Å². The maximum atomic E-state index is 11.9. The summed E-state index contributed by atoms with van der Waals surface area (Å²) in [5.41, 5.74) is 1.38. The molecule has 0 aliphatic heterocycles. The van der Waals surface area contributed by atoms with E-state index in [1.807, 2.05) is 24.3 Å². The van der Waals surface area contributed by atoms with E-state index in [1.165, 1.54) is 5.57 Å². The van der Waals surface area contributed by atoms with E-state index in [1.54, 1.807) is 0 Å². The van der Waals surface area contributed by atoms with Crippen molar-refractivity contribution in [2.75, 3.05) is 0 Å². The van der Waals surface area contributed by atoms with E-state index in [4.69, 9.17) is 0 Å². The number of carbonyl (C=O) groups excluding carboxylic acids is 1. The van der Waals surface area contributed by atoms with Gasteiger partial charge in [-0.15, -0.1) is 0 Å². The molecule has 2 aliphatic rings. The Morgan fingerprint density at radius 1 is 1.40 bits per heavy atom. The predicted octanol–water partition coefficient (Wildman–Crippen LogP) is 3.21.